The quantitative estimate of drug-likeness (QED) is 0.474. The van der Waals surface area contributed by atoms with Gasteiger partial charge in [0, 0.05) is 18.4 Å². The molecular formula is C22H42O2Si. The molecule has 0 bridgehead atoms. The Balaban J connectivity index is 2.37. The fraction of sp³-hybridized carbons (Fsp3) is 0.955. The van der Waals surface area contributed by atoms with E-state index < -0.39 is 8.07 Å². The van der Waals surface area contributed by atoms with Gasteiger partial charge in [-0.1, -0.05) is 77.1 Å². The summed E-state index contributed by atoms with van der Waals surface area (Å²) in [6.45, 7) is 17.5. The van der Waals surface area contributed by atoms with Crippen molar-refractivity contribution in [2.45, 2.75) is 116 Å². The molecule has 2 atom stereocenters. The maximum absolute atomic E-state index is 13.2. The molecule has 146 valence electrons. The molecule has 0 heterocycles. The summed E-state index contributed by atoms with van der Waals surface area (Å²) in [5.41, 5.74) is 2.32. The van der Waals surface area contributed by atoms with Gasteiger partial charge in [0.2, 0.25) is 0 Å². The number of Topliss-reactive ketones (excluding diaryl/α,β-unsaturated/α-hetero) is 1. The lowest BCUT2D eigenvalue weighted by atomic mass is 9.64. The normalized spacial score (nSPS) is 27.2. The van der Waals surface area contributed by atoms with Crippen molar-refractivity contribution in [3.63, 3.8) is 0 Å². The van der Waals surface area contributed by atoms with Gasteiger partial charge < -0.3 is 4.74 Å². The average Bonchev–Trinajstić information content (AvgIpc) is 2.99. The van der Waals surface area contributed by atoms with E-state index in [9.17, 15) is 4.79 Å². The molecule has 0 aromatic heterocycles. The van der Waals surface area contributed by atoms with Crippen molar-refractivity contribution < 1.29 is 9.53 Å². The van der Waals surface area contributed by atoms with Crippen LogP contribution in [0.1, 0.15) is 87.0 Å². The van der Waals surface area contributed by atoms with Gasteiger partial charge in [-0.2, -0.15) is 0 Å². The zero-order chi connectivity index (χ0) is 18.8. The number of ketones is 1. The molecule has 0 aromatic carbocycles. The van der Waals surface area contributed by atoms with Crippen LogP contribution >= 0.6 is 0 Å². The second-order valence-electron chi connectivity index (χ2n) is 9.78. The SMILES string of the molecule is CCOC1CC(=O)C2(CCCC2)C(C[Si](C(C)C)(C(C)C)C(C)C)C1. The van der Waals surface area contributed by atoms with Gasteiger partial charge in [-0.15, -0.1) is 0 Å². The van der Waals surface area contributed by atoms with Crippen LogP contribution in [0.3, 0.4) is 0 Å². The van der Waals surface area contributed by atoms with E-state index in [2.05, 4.69) is 48.5 Å². The first-order chi connectivity index (χ1) is 11.7. The molecule has 2 aliphatic carbocycles. The maximum Gasteiger partial charge on any atom is 0.141 e. The Morgan fingerprint density at radius 3 is 2.00 bits per heavy atom. The van der Waals surface area contributed by atoms with Gasteiger partial charge in [-0.3, -0.25) is 4.79 Å². The first kappa shape index (κ1) is 21.2. The highest BCUT2D eigenvalue weighted by Gasteiger charge is 2.55. The molecule has 2 unspecified atom stereocenters. The first-order valence-corrected chi connectivity index (χ1v) is 13.3. The van der Waals surface area contributed by atoms with Crippen LogP contribution in [0.5, 0.6) is 0 Å². The summed E-state index contributed by atoms with van der Waals surface area (Å²) in [5.74, 6) is 1.10. The summed E-state index contributed by atoms with van der Waals surface area (Å²) >= 11 is 0. The number of ether oxygens (including phenoxy) is 1. The van der Waals surface area contributed by atoms with Crippen LogP contribution < -0.4 is 0 Å². The number of carbonyl (C=O) groups excluding carboxylic acids is 1. The fourth-order valence-electron chi connectivity index (χ4n) is 6.73. The topological polar surface area (TPSA) is 26.3 Å². The summed E-state index contributed by atoms with van der Waals surface area (Å²) in [6.07, 6.45) is 6.77. The van der Waals surface area contributed by atoms with Crippen LogP contribution in [0, 0.1) is 11.3 Å². The van der Waals surface area contributed by atoms with Gasteiger partial charge >= 0.3 is 0 Å². The Morgan fingerprint density at radius 1 is 1.04 bits per heavy atom. The van der Waals surface area contributed by atoms with Gasteiger partial charge in [0.1, 0.15) is 5.78 Å². The summed E-state index contributed by atoms with van der Waals surface area (Å²) in [5, 5.41) is 0. The molecular weight excluding hydrogens is 324 g/mol. The van der Waals surface area contributed by atoms with Crippen molar-refractivity contribution in [2.75, 3.05) is 6.61 Å². The van der Waals surface area contributed by atoms with Crippen molar-refractivity contribution in [2.24, 2.45) is 11.3 Å². The van der Waals surface area contributed by atoms with Gasteiger partial charge in [0.15, 0.2) is 0 Å². The van der Waals surface area contributed by atoms with Gasteiger partial charge in [-0.05, 0) is 32.1 Å². The second kappa shape index (κ2) is 8.25. The third kappa shape index (κ3) is 3.78. The van der Waals surface area contributed by atoms with Crippen LogP contribution in [0.4, 0.5) is 0 Å². The molecule has 0 aromatic rings. The van der Waals surface area contributed by atoms with Crippen molar-refractivity contribution in [1.82, 2.24) is 0 Å². The zero-order valence-electron chi connectivity index (χ0n) is 17.9. The molecule has 0 saturated heterocycles. The molecule has 2 rings (SSSR count). The predicted molar refractivity (Wildman–Crippen MR) is 110 cm³/mol. The van der Waals surface area contributed by atoms with Crippen molar-refractivity contribution in [3.8, 4) is 0 Å². The molecule has 0 radical (unpaired) electrons. The molecule has 3 heteroatoms. The predicted octanol–water partition coefficient (Wildman–Crippen LogP) is 6.61. The maximum atomic E-state index is 13.2. The molecule has 2 saturated carbocycles. The second-order valence-corrected chi connectivity index (χ2v) is 15.9. The Morgan fingerprint density at radius 2 is 1.56 bits per heavy atom. The number of rotatable bonds is 7. The zero-order valence-corrected chi connectivity index (χ0v) is 18.9. The molecule has 0 amide bonds. The summed E-state index contributed by atoms with van der Waals surface area (Å²) in [7, 11) is -1.50. The molecule has 1 spiro atoms. The van der Waals surface area contributed by atoms with Crippen LogP contribution in [0.2, 0.25) is 22.7 Å². The third-order valence-corrected chi connectivity index (χ3v) is 15.7. The van der Waals surface area contributed by atoms with E-state index >= 15 is 0 Å². The molecule has 0 aliphatic heterocycles. The minimum Gasteiger partial charge on any atom is -0.378 e. The largest absolute Gasteiger partial charge is 0.378 e. The molecule has 2 fully saturated rings. The summed E-state index contributed by atoms with van der Waals surface area (Å²) in [4.78, 5) is 13.2. The van der Waals surface area contributed by atoms with Gasteiger partial charge in [0.25, 0.3) is 0 Å². The molecule has 2 aliphatic rings. The first-order valence-electron chi connectivity index (χ1n) is 10.9. The van der Waals surface area contributed by atoms with Crippen molar-refractivity contribution in [1.29, 1.82) is 0 Å². The van der Waals surface area contributed by atoms with E-state index in [0.717, 1.165) is 42.5 Å². The van der Waals surface area contributed by atoms with E-state index in [1.807, 2.05) is 0 Å². The van der Waals surface area contributed by atoms with Gasteiger partial charge in [-0.25, -0.2) is 0 Å². The lowest BCUT2D eigenvalue weighted by Crippen LogP contribution is -2.52. The smallest absolute Gasteiger partial charge is 0.141 e. The standard InChI is InChI=1S/C22H42O2Si/c1-8-24-20-13-19(22(21(23)14-20)11-9-10-12-22)15-25(16(2)3,17(4)5)18(6)7/h16-20H,8-15H2,1-7H3. The summed E-state index contributed by atoms with van der Waals surface area (Å²) < 4.78 is 5.98. The monoisotopic (exact) mass is 366 g/mol. The van der Waals surface area contributed by atoms with Crippen LogP contribution in [-0.4, -0.2) is 26.6 Å². The fourth-order valence-corrected chi connectivity index (χ4v) is 13.6. The third-order valence-electron chi connectivity index (χ3n) is 8.02. The Bertz CT molecular complexity index is 427. The van der Waals surface area contributed by atoms with E-state index in [0.29, 0.717) is 18.1 Å². The number of hydrogen-bond donors (Lipinski definition) is 0. The highest BCUT2D eigenvalue weighted by atomic mass is 28.3. The highest BCUT2D eigenvalue weighted by Crippen LogP contribution is 2.57. The van der Waals surface area contributed by atoms with Crippen LogP contribution in [0.25, 0.3) is 0 Å². The van der Waals surface area contributed by atoms with E-state index in [1.54, 1.807) is 0 Å². The molecule has 25 heavy (non-hydrogen) atoms. The Labute approximate surface area is 157 Å². The van der Waals surface area contributed by atoms with Crippen molar-refractivity contribution in [3.05, 3.63) is 0 Å². The molecule has 0 N–H and O–H groups in total. The lowest BCUT2D eigenvalue weighted by molar-refractivity contribution is -0.141. The summed E-state index contributed by atoms with van der Waals surface area (Å²) in [6, 6.07) is 1.33. The minimum absolute atomic E-state index is 0.00449. The average molecular weight is 367 g/mol. The van der Waals surface area contributed by atoms with E-state index in [1.165, 1.54) is 18.9 Å². The molecule has 2 nitrogen and oxygen atoms in total. The van der Waals surface area contributed by atoms with Gasteiger partial charge in [0.05, 0.1) is 14.2 Å². The van der Waals surface area contributed by atoms with E-state index in [-0.39, 0.29) is 11.5 Å². The van der Waals surface area contributed by atoms with E-state index in [4.69, 9.17) is 4.74 Å². The lowest BCUT2D eigenvalue weighted by Gasteiger charge is -2.51. The highest BCUT2D eigenvalue weighted by molar-refractivity contribution is 6.83. The minimum atomic E-state index is -1.50. The Kier molecular flexibility index (Phi) is 6.98. The number of carbonyl (C=O) groups is 1. The van der Waals surface area contributed by atoms with Crippen molar-refractivity contribution >= 4 is 13.9 Å². The van der Waals surface area contributed by atoms with Crippen LogP contribution in [-0.2, 0) is 9.53 Å². The van der Waals surface area contributed by atoms with Crippen LogP contribution in [0.15, 0.2) is 0 Å². The Hall–Kier alpha value is -0.153. The number of hydrogen-bond acceptors (Lipinski definition) is 2.